The Morgan fingerprint density at radius 1 is 1.27 bits per heavy atom. The van der Waals surface area contributed by atoms with Crippen molar-refractivity contribution in [2.75, 3.05) is 6.61 Å². The standard InChI is InChI=1S/C9H20OSi/c1-2-3-5-8-11-9-6-4-7-10-11/h11H,2-9H2,1H3. The van der Waals surface area contributed by atoms with E-state index in [1.807, 2.05) is 0 Å². The molecule has 1 atom stereocenters. The van der Waals surface area contributed by atoms with Gasteiger partial charge in [-0.25, -0.2) is 0 Å². The molecular weight excluding hydrogens is 152 g/mol. The predicted molar refractivity (Wildman–Crippen MR) is 51.5 cm³/mol. The molecule has 1 saturated heterocycles. The van der Waals surface area contributed by atoms with Crippen LogP contribution in [0, 0.1) is 0 Å². The second-order valence-corrected chi connectivity index (χ2v) is 6.22. The summed E-state index contributed by atoms with van der Waals surface area (Å²) in [5.74, 6) is 0. The average molecular weight is 172 g/mol. The first kappa shape index (κ1) is 9.27. The van der Waals surface area contributed by atoms with Crippen LogP contribution in [-0.4, -0.2) is 15.6 Å². The fourth-order valence-corrected chi connectivity index (χ4v) is 4.27. The molecule has 0 N–H and O–H groups in total. The first-order valence-electron chi connectivity index (χ1n) is 5.05. The van der Waals surface area contributed by atoms with E-state index in [1.165, 1.54) is 44.2 Å². The summed E-state index contributed by atoms with van der Waals surface area (Å²) in [5.41, 5.74) is 0. The van der Waals surface area contributed by atoms with Crippen molar-refractivity contribution < 1.29 is 4.43 Å². The van der Waals surface area contributed by atoms with Crippen molar-refractivity contribution in [3.05, 3.63) is 0 Å². The van der Waals surface area contributed by atoms with E-state index in [0.717, 1.165) is 6.61 Å². The molecule has 1 nitrogen and oxygen atoms in total. The normalized spacial score (nSPS) is 25.4. The van der Waals surface area contributed by atoms with Crippen LogP contribution in [0.25, 0.3) is 0 Å². The van der Waals surface area contributed by atoms with Gasteiger partial charge in [-0.05, 0) is 18.5 Å². The van der Waals surface area contributed by atoms with Gasteiger partial charge in [0, 0.05) is 6.61 Å². The SMILES string of the molecule is CCCCC[SiH]1CCCCO1. The van der Waals surface area contributed by atoms with Crippen LogP contribution in [0.2, 0.25) is 12.1 Å². The highest BCUT2D eigenvalue weighted by atomic mass is 28.3. The van der Waals surface area contributed by atoms with E-state index >= 15 is 0 Å². The van der Waals surface area contributed by atoms with Gasteiger partial charge >= 0.3 is 0 Å². The highest BCUT2D eigenvalue weighted by molar-refractivity contribution is 6.51. The molecule has 0 saturated carbocycles. The maximum absolute atomic E-state index is 5.76. The molecule has 2 heteroatoms. The molecule has 1 fully saturated rings. The lowest BCUT2D eigenvalue weighted by Crippen LogP contribution is -2.22. The van der Waals surface area contributed by atoms with Gasteiger partial charge in [0.05, 0.1) is 0 Å². The Balaban J connectivity index is 1.96. The smallest absolute Gasteiger partial charge is 0.176 e. The quantitative estimate of drug-likeness (QED) is 0.468. The van der Waals surface area contributed by atoms with Crippen molar-refractivity contribution in [2.24, 2.45) is 0 Å². The molecule has 1 heterocycles. The number of rotatable bonds is 4. The van der Waals surface area contributed by atoms with E-state index in [1.54, 1.807) is 0 Å². The Morgan fingerprint density at radius 2 is 2.18 bits per heavy atom. The minimum atomic E-state index is -0.658. The third-order valence-corrected chi connectivity index (χ3v) is 5.22. The summed E-state index contributed by atoms with van der Waals surface area (Å²) in [6, 6.07) is 2.89. The summed E-state index contributed by atoms with van der Waals surface area (Å²) in [4.78, 5) is 0. The predicted octanol–water partition coefficient (Wildman–Crippen LogP) is 2.71. The Kier molecular flexibility index (Phi) is 4.87. The topological polar surface area (TPSA) is 9.23 Å². The highest BCUT2D eigenvalue weighted by Gasteiger charge is 2.14. The lowest BCUT2D eigenvalue weighted by atomic mass is 10.3. The highest BCUT2D eigenvalue weighted by Crippen LogP contribution is 2.16. The van der Waals surface area contributed by atoms with Crippen molar-refractivity contribution in [3.8, 4) is 0 Å². The number of hydrogen-bond acceptors (Lipinski definition) is 1. The lowest BCUT2D eigenvalue weighted by Gasteiger charge is -2.20. The van der Waals surface area contributed by atoms with E-state index in [0.29, 0.717) is 0 Å². The Hall–Kier alpha value is 0.177. The molecule has 0 aliphatic carbocycles. The molecule has 0 bridgehead atoms. The molecule has 1 rings (SSSR count). The van der Waals surface area contributed by atoms with Crippen molar-refractivity contribution in [1.29, 1.82) is 0 Å². The van der Waals surface area contributed by atoms with Crippen molar-refractivity contribution in [3.63, 3.8) is 0 Å². The third-order valence-electron chi connectivity index (χ3n) is 2.40. The molecule has 66 valence electrons. The van der Waals surface area contributed by atoms with Crippen molar-refractivity contribution >= 4 is 9.04 Å². The van der Waals surface area contributed by atoms with Crippen LogP contribution >= 0.6 is 0 Å². The minimum Gasteiger partial charge on any atom is -0.420 e. The molecule has 0 aromatic carbocycles. The van der Waals surface area contributed by atoms with Crippen LogP contribution in [0.5, 0.6) is 0 Å². The van der Waals surface area contributed by atoms with Gasteiger partial charge in [0.25, 0.3) is 0 Å². The Morgan fingerprint density at radius 3 is 2.82 bits per heavy atom. The van der Waals surface area contributed by atoms with Crippen molar-refractivity contribution in [2.45, 2.75) is 51.1 Å². The number of unbranched alkanes of at least 4 members (excludes halogenated alkanes) is 2. The minimum absolute atomic E-state index is 0.658. The molecule has 1 aliphatic heterocycles. The zero-order valence-electron chi connectivity index (χ0n) is 7.64. The van der Waals surface area contributed by atoms with Crippen LogP contribution in [0.4, 0.5) is 0 Å². The third kappa shape index (κ3) is 3.92. The number of hydrogen-bond donors (Lipinski definition) is 0. The molecule has 0 spiro atoms. The zero-order chi connectivity index (χ0) is 7.94. The van der Waals surface area contributed by atoms with Crippen LogP contribution < -0.4 is 0 Å². The summed E-state index contributed by atoms with van der Waals surface area (Å²) < 4.78 is 5.76. The Bertz CT molecular complexity index is 89.6. The summed E-state index contributed by atoms with van der Waals surface area (Å²) in [6.07, 6.45) is 6.95. The van der Waals surface area contributed by atoms with Crippen molar-refractivity contribution in [1.82, 2.24) is 0 Å². The van der Waals surface area contributed by atoms with Crippen LogP contribution in [0.15, 0.2) is 0 Å². The van der Waals surface area contributed by atoms with Gasteiger partial charge in [0.1, 0.15) is 0 Å². The molecule has 11 heavy (non-hydrogen) atoms. The van der Waals surface area contributed by atoms with Crippen LogP contribution in [0.1, 0.15) is 39.0 Å². The van der Waals surface area contributed by atoms with E-state index in [-0.39, 0.29) is 0 Å². The molecular formula is C9H20OSi. The molecule has 0 radical (unpaired) electrons. The van der Waals surface area contributed by atoms with E-state index in [9.17, 15) is 0 Å². The van der Waals surface area contributed by atoms with E-state index in [4.69, 9.17) is 4.43 Å². The molecule has 1 aliphatic rings. The zero-order valence-corrected chi connectivity index (χ0v) is 8.80. The summed E-state index contributed by atoms with van der Waals surface area (Å²) >= 11 is 0. The van der Waals surface area contributed by atoms with Gasteiger partial charge in [-0.3, -0.25) is 0 Å². The molecule has 0 aromatic rings. The maximum Gasteiger partial charge on any atom is 0.176 e. The first-order chi connectivity index (χ1) is 5.43. The summed E-state index contributed by atoms with van der Waals surface area (Å²) in [5, 5.41) is 0. The fraction of sp³-hybridized carbons (Fsp3) is 1.00. The van der Waals surface area contributed by atoms with Gasteiger partial charge in [-0.2, -0.15) is 0 Å². The maximum atomic E-state index is 5.76. The second kappa shape index (κ2) is 5.78. The molecule has 0 aromatic heterocycles. The fourth-order valence-electron chi connectivity index (χ4n) is 1.66. The summed E-state index contributed by atoms with van der Waals surface area (Å²) in [7, 11) is -0.658. The largest absolute Gasteiger partial charge is 0.420 e. The van der Waals surface area contributed by atoms with Gasteiger partial charge in [-0.15, -0.1) is 0 Å². The van der Waals surface area contributed by atoms with Gasteiger partial charge in [-0.1, -0.05) is 32.6 Å². The summed E-state index contributed by atoms with van der Waals surface area (Å²) in [6.45, 7) is 3.34. The van der Waals surface area contributed by atoms with Gasteiger partial charge in [0.2, 0.25) is 0 Å². The van der Waals surface area contributed by atoms with Gasteiger partial charge < -0.3 is 4.43 Å². The molecule has 1 unspecified atom stereocenters. The second-order valence-electron chi connectivity index (χ2n) is 3.48. The van der Waals surface area contributed by atoms with Gasteiger partial charge in [0.15, 0.2) is 9.04 Å². The average Bonchev–Trinajstić information content (AvgIpc) is 2.07. The monoisotopic (exact) mass is 172 g/mol. The lowest BCUT2D eigenvalue weighted by molar-refractivity contribution is 0.285. The van der Waals surface area contributed by atoms with Crippen LogP contribution in [0.3, 0.4) is 0 Å². The van der Waals surface area contributed by atoms with Crippen LogP contribution in [-0.2, 0) is 4.43 Å². The first-order valence-corrected chi connectivity index (χ1v) is 7.15. The molecule has 0 amide bonds. The Labute approximate surface area is 71.9 Å². The van der Waals surface area contributed by atoms with E-state index < -0.39 is 9.04 Å². The van der Waals surface area contributed by atoms with E-state index in [2.05, 4.69) is 6.92 Å².